The van der Waals surface area contributed by atoms with Crippen molar-refractivity contribution in [1.29, 1.82) is 0 Å². The van der Waals surface area contributed by atoms with Crippen LogP contribution in [0.3, 0.4) is 0 Å². The Morgan fingerprint density at radius 2 is 2.05 bits per heavy atom. The molecular formula is C13H16N2O4S. The van der Waals surface area contributed by atoms with Gasteiger partial charge in [-0.15, -0.1) is 0 Å². The van der Waals surface area contributed by atoms with Gasteiger partial charge in [0.25, 0.3) is 0 Å². The minimum atomic E-state index is -3.51. The minimum absolute atomic E-state index is 0.0542. The summed E-state index contributed by atoms with van der Waals surface area (Å²) in [5.41, 5.74) is 7.06. The Kier molecular flexibility index (Phi) is 3.39. The van der Waals surface area contributed by atoms with Crippen molar-refractivity contribution in [3.8, 4) is 0 Å². The highest BCUT2D eigenvalue weighted by Gasteiger charge is 2.27. The summed E-state index contributed by atoms with van der Waals surface area (Å²) >= 11 is 0. The van der Waals surface area contributed by atoms with Gasteiger partial charge in [0, 0.05) is 25.0 Å². The lowest BCUT2D eigenvalue weighted by molar-refractivity contribution is 0.0722. The van der Waals surface area contributed by atoms with Crippen molar-refractivity contribution in [1.82, 2.24) is 4.98 Å². The van der Waals surface area contributed by atoms with Gasteiger partial charge in [0.2, 0.25) is 9.84 Å². The van der Waals surface area contributed by atoms with Crippen LogP contribution in [0.4, 0.5) is 5.69 Å². The molecule has 1 aliphatic rings. The number of aromatic nitrogens is 1. The van der Waals surface area contributed by atoms with Crippen molar-refractivity contribution in [2.75, 3.05) is 24.7 Å². The van der Waals surface area contributed by atoms with Crippen molar-refractivity contribution in [2.24, 2.45) is 5.92 Å². The molecule has 1 saturated heterocycles. The fourth-order valence-corrected chi connectivity index (χ4v) is 3.90. The number of ether oxygens (including phenoxy) is 1. The molecule has 1 aromatic carbocycles. The summed E-state index contributed by atoms with van der Waals surface area (Å²) in [5.74, 6) is 0.160. The zero-order valence-corrected chi connectivity index (χ0v) is 11.7. The molecule has 1 aromatic heterocycles. The SMILES string of the molecule is Nc1ccc2nc(S(=O)(=O)CC3CCOCC3)oc2c1. The molecule has 0 atom stereocenters. The second-order valence-electron chi connectivity index (χ2n) is 5.04. The molecule has 0 spiro atoms. The molecular weight excluding hydrogens is 280 g/mol. The summed E-state index contributed by atoms with van der Waals surface area (Å²) < 4.78 is 35.2. The van der Waals surface area contributed by atoms with Crippen LogP contribution < -0.4 is 5.73 Å². The normalized spacial score (nSPS) is 17.6. The van der Waals surface area contributed by atoms with E-state index < -0.39 is 9.84 Å². The Morgan fingerprint density at radius 3 is 2.80 bits per heavy atom. The van der Waals surface area contributed by atoms with Crippen molar-refractivity contribution in [3.63, 3.8) is 0 Å². The van der Waals surface area contributed by atoms with E-state index in [-0.39, 0.29) is 16.9 Å². The number of oxazole rings is 1. The number of hydrogen-bond acceptors (Lipinski definition) is 6. The Morgan fingerprint density at radius 1 is 1.30 bits per heavy atom. The number of anilines is 1. The number of fused-ring (bicyclic) bond motifs is 1. The first kappa shape index (κ1) is 13.4. The summed E-state index contributed by atoms with van der Waals surface area (Å²) in [6.45, 7) is 1.23. The van der Waals surface area contributed by atoms with E-state index in [2.05, 4.69) is 4.98 Å². The Bertz CT molecular complexity index is 717. The van der Waals surface area contributed by atoms with Gasteiger partial charge >= 0.3 is 5.22 Å². The molecule has 7 heteroatoms. The molecule has 1 fully saturated rings. The third-order valence-electron chi connectivity index (χ3n) is 3.45. The van der Waals surface area contributed by atoms with Crippen LogP contribution in [0, 0.1) is 5.92 Å². The zero-order chi connectivity index (χ0) is 14.2. The second-order valence-corrected chi connectivity index (χ2v) is 6.96. The van der Waals surface area contributed by atoms with E-state index in [4.69, 9.17) is 14.9 Å². The van der Waals surface area contributed by atoms with E-state index in [9.17, 15) is 8.42 Å². The van der Waals surface area contributed by atoms with Crippen LogP contribution in [-0.4, -0.2) is 32.4 Å². The second kappa shape index (κ2) is 5.06. The van der Waals surface area contributed by atoms with Crippen LogP contribution in [0.25, 0.3) is 11.1 Å². The van der Waals surface area contributed by atoms with Crippen molar-refractivity contribution >= 4 is 26.6 Å². The van der Waals surface area contributed by atoms with Gasteiger partial charge in [-0.25, -0.2) is 8.42 Å². The van der Waals surface area contributed by atoms with E-state index in [1.165, 1.54) is 0 Å². The van der Waals surface area contributed by atoms with E-state index in [1.54, 1.807) is 18.2 Å². The van der Waals surface area contributed by atoms with Gasteiger partial charge in [0.1, 0.15) is 5.52 Å². The standard InChI is InChI=1S/C13H16N2O4S/c14-10-1-2-11-12(7-10)19-13(15-11)20(16,17)8-9-3-5-18-6-4-9/h1-2,7,9H,3-6,8,14H2. The van der Waals surface area contributed by atoms with Crippen LogP contribution in [-0.2, 0) is 14.6 Å². The number of hydrogen-bond donors (Lipinski definition) is 1. The fourth-order valence-electron chi connectivity index (χ4n) is 2.35. The number of nitrogens with zero attached hydrogens (tertiary/aromatic N) is 1. The number of sulfone groups is 1. The van der Waals surface area contributed by atoms with Crippen LogP contribution in [0.15, 0.2) is 27.8 Å². The predicted molar refractivity (Wildman–Crippen MR) is 74.0 cm³/mol. The highest BCUT2D eigenvalue weighted by molar-refractivity contribution is 7.91. The highest BCUT2D eigenvalue weighted by atomic mass is 32.2. The summed E-state index contributed by atoms with van der Waals surface area (Å²) in [4.78, 5) is 4.05. The average Bonchev–Trinajstić information content (AvgIpc) is 2.83. The summed E-state index contributed by atoms with van der Waals surface area (Å²) in [5, 5.41) is -0.218. The van der Waals surface area contributed by atoms with E-state index >= 15 is 0 Å². The maximum absolute atomic E-state index is 12.3. The van der Waals surface area contributed by atoms with Crippen molar-refractivity contribution in [2.45, 2.75) is 18.1 Å². The molecule has 0 aliphatic carbocycles. The Balaban J connectivity index is 1.88. The third-order valence-corrected chi connectivity index (χ3v) is 5.07. The molecule has 0 bridgehead atoms. The number of rotatable bonds is 3. The third kappa shape index (κ3) is 2.64. The maximum atomic E-state index is 12.3. The largest absolute Gasteiger partial charge is 0.428 e. The van der Waals surface area contributed by atoms with E-state index in [0.29, 0.717) is 30.0 Å². The van der Waals surface area contributed by atoms with Gasteiger partial charge in [-0.3, -0.25) is 0 Å². The minimum Gasteiger partial charge on any atom is -0.428 e. The molecule has 108 valence electrons. The lowest BCUT2D eigenvalue weighted by Crippen LogP contribution is -2.23. The van der Waals surface area contributed by atoms with Crippen LogP contribution >= 0.6 is 0 Å². The first-order valence-corrected chi connectivity index (χ1v) is 8.16. The summed E-state index contributed by atoms with van der Waals surface area (Å²) in [7, 11) is -3.51. The number of nitrogen functional groups attached to an aromatic ring is 1. The molecule has 0 saturated carbocycles. The van der Waals surface area contributed by atoms with Crippen molar-refractivity contribution < 1.29 is 17.6 Å². The average molecular weight is 296 g/mol. The van der Waals surface area contributed by atoms with Gasteiger partial charge in [-0.2, -0.15) is 4.98 Å². The number of benzene rings is 1. The first-order chi connectivity index (χ1) is 9.54. The number of nitrogens with two attached hydrogens (primary N) is 1. The predicted octanol–water partition coefficient (Wildman–Crippen LogP) is 1.61. The fraction of sp³-hybridized carbons (Fsp3) is 0.462. The lowest BCUT2D eigenvalue weighted by Gasteiger charge is -2.20. The van der Waals surface area contributed by atoms with E-state index in [1.807, 2.05) is 0 Å². The zero-order valence-electron chi connectivity index (χ0n) is 10.9. The van der Waals surface area contributed by atoms with Crippen LogP contribution in [0.2, 0.25) is 0 Å². The monoisotopic (exact) mass is 296 g/mol. The van der Waals surface area contributed by atoms with Gasteiger partial charge in [0.15, 0.2) is 5.58 Å². The summed E-state index contributed by atoms with van der Waals surface area (Å²) in [6.07, 6.45) is 1.51. The Labute approximate surface area is 116 Å². The van der Waals surface area contributed by atoms with Gasteiger partial charge in [-0.1, -0.05) is 0 Å². The lowest BCUT2D eigenvalue weighted by atomic mass is 10.0. The van der Waals surface area contributed by atoms with Crippen molar-refractivity contribution in [3.05, 3.63) is 18.2 Å². The molecule has 0 unspecified atom stereocenters. The molecule has 1 aliphatic heterocycles. The molecule has 2 N–H and O–H groups in total. The molecule has 0 amide bonds. The molecule has 2 heterocycles. The van der Waals surface area contributed by atoms with E-state index in [0.717, 1.165) is 12.8 Å². The molecule has 2 aromatic rings. The quantitative estimate of drug-likeness (QED) is 0.864. The molecule has 3 rings (SSSR count). The highest BCUT2D eigenvalue weighted by Crippen LogP contribution is 2.25. The van der Waals surface area contributed by atoms with Gasteiger partial charge < -0.3 is 14.9 Å². The molecule has 20 heavy (non-hydrogen) atoms. The first-order valence-electron chi connectivity index (χ1n) is 6.51. The smallest absolute Gasteiger partial charge is 0.316 e. The van der Waals surface area contributed by atoms with Gasteiger partial charge in [0.05, 0.1) is 5.75 Å². The van der Waals surface area contributed by atoms with Crippen LogP contribution in [0.5, 0.6) is 0 Å². The summed E-state index contributed by atoms with van der Waals surface area (Å²) in [6, 6.07) is 4.90. The molecule has 6 nitrogen and oxygen atoms in total. The van der Waals surface area contributed by atoms with Crippen LogP contribution in [0.1, 0.15) is 12.8 Å². The maximum Gasteiger partial charge on any atom is 0.316 e. The Hall–Kier alpha value is -1.60. The molecule has 0 radical (unpaired) electrons. The topological polar surface area (TPSA) is 95.4 Å². The van der Waals surface area contributed by atoms with Gasteiger partial charge in [-0.05, 0) is 30.9 Å².